The minimum absolute atomic E-state index is 0.0895. The molecule has 0 amide bonds. The number of carbonyl (C=O) groups is 3. The van der Waals surface area contributed by atoms with E-state index in [0.717, 1.165) is 0 Å². The smallest absolute Gasteiger partial charge is 0.323 e. The summed E-state index contributed by atoms with van der Waals surface area (Å²) in [6.07, 6.45) is 0.290. The molecule has 0 saturated carbocycles. The van der Waals surface area contributed by atoms with Crippen LogP contribution in [0, 0.1) is 16.7 Å². The Kier molecular flexibility index (Phi) is 7.07. The molecule has 1 unspecified atom stereocenters. The lowest BCUT2D eigenvalue weighted by Crippen LogP contribution is -2.46. The average molecular weight is 300 g/mol. The van der Waals surface area contributed by atoms with Crippen LogP contribution < -0.4 is 0 Å². The fourth-order valence-corrected chi connectivity index (χ4v) is 1.96. The first-order valence-corrected chi connectivity index (χ1v) is 7.33. The van der Waals surface area contributed by atoms with Gasteiger partial charge in [-0.15, -0.1) is 0 Å². The number of ether oxygens (including phenoxy) is 2. The number of Topliss-reactive ketones (excluding diaryl/α,β-unsaturated/α-hetero) is 1. The molecule has 0 saturated heterocycles. The first-order valence-electron chi connectivity index (χ1n) is 7.33. The van der Waals surface area contributed by atoms with Crippen LogP contribution in [0.5, 0.6) is 0 Å². The topological polar surface area (TPSA) is 69.7 Å². The van der Waals surface area contributed by atoms with Gasteiger partial charge in [0.25, 0.3) is 0 Å². The minimum atomic E-state index is -1.41. The predicted octanol–water partition coefficient (Wildman–Crippen LogP) is 2.76. The highest BCUT2D eigenvalue weighted by Crippen LogP contribution is 2.31. The zero-order valence-electron chi connectivity index (χ0n) is 14.2. The summed E-state index contributed by atoms with van der Waals surface area (Å²) in [7, 11) is 0. The molecule has 0 heterocycles. The van der Waals surface area contributed by atoms with Gasteiger partial charge < -0.3 is 9.47 Å². The van der Waals surface area contributed by atoms with E-state index in [9.17, 15) is 14.4 Å². The maximum Gasteiger partial charge on any atom is 0.323 e. The normalized spacial score (nSPS) is 14.5. The maximum absolute atomic E-state index is 12.3. The summed E-state index contributed by atoms with van der Waals surface area (Å²) >= 11 is 0. The van der Waals surface area contributed by atoms with E-state index in [4.69, 9.17) is 9.47 Å². The molecular weight excluding hydrogens is 272 g/mol. The molecule has 0 spiro atoms. The van der Waals surface area contributed by atoms with E-state index in [0.29, 0.717) is 6.42 Å². The van der Waals surface area contributed by atoms with E-state index in [2.05, 4.69) is 0 Å². The van der Waals surface area contributed by atoms with E-state index in [1.807, 2.05) is 13.8 Å². The van der Waals surface area contributed by atoms with Gasteiger partial charge in [-0.05, 0) is 47.0 Å². The molecule has 5 nitrogen and oxygen atoms in total. The fourth-order valence-electron chi connectivity index (χ4n) is 1.96. The molecule has 0 aliphatic carbocycles. The van der Waals surface area contributed by atoms with Crippen molar-refractivity contribution in [3.8, 4) is 0 Å². The summed E-state index contributed by atoms with van der Waals surface area (Å²) in [6, 6.07) is 0. The van der Waals surface area contributed by atoms with Crippen molar-refractivity contribution in [2.75, 3.05) is 13.2 Å². The second kappa shape index (κ2) is 7.57. The van der Waals surface area contributed by atoms with Crippen LogP contribution in [0.1, 0.15) is 54.9 Å². The standard InChI is InChI=1S/C16H28O5/c1-8-20-14(19)16(12(4)17,9-11(2)3)10-21-13(18)15(5,6)7/h11H,8-10H2,1-7H3. The van der Waals surface area contributed by atoms with Crippen molar-refractivity contribution in [1.82, 2.24) is 0 Å². The van der Waals surface area contributed by atoms with Crippen molar-refractivity contribution in [2.24, 2.45) is 16.7 Å². The number of hydrogen-bond acceptors (Lipinski definition) is 5. The van der Waals surface area contributed by atoms with Gasteiger partial charge in [0.2, 0.25) is 0 Å². The Hall–Kier alpha value is -1.39. The first-order chi connectivity index (χ1) is 9.47. The maximum atomic E-state index is 12.3. The zero-order chi connectivity index (χ0) is 16.8. The SMILES string of the molecule is CCOC(=O)C(COC(=O)C(C)(C)C)(CC(C)C)C(C)=O. The van der Waals surface area contributed by atoms with Crippen LogP contribution in [0.4, 0.5) is 0 Å². The Labute approximate surface area is 127 Å². The Morgan fingerprint density at radius 1 is 1.00 bits per heavy atom. The average Bonchev–Trinajstić information content (AvgIpc) is 2.32. The largest absolute Gasteiger partial charge is 0.465 e. The van der Waals surface area contributed by atoms with Gasteiger partial charge in [0.15, 0.2) is 11.2 Å². The van der Waals surface area contributed by atoms with Crippen molar-refractivity contribution in [3.05, 3.63) is 0 Å². The number of carbonyl (C=O) groups excluding carboxylic acids is 3. The molecule has 1 atom stereocenters. The summed E-state index contributed by atoms with van der Waals surface area (Å²) in [5, 5.41) is 0. The van der Waals surface area contributed by atoms with Gasteiger partial charge in [-0.25, -0.2) is 0 Å². The second-order valence-electron chi connectivity index (χ2n) is 6.78. The summed E-state index contributed by atoms with van der Waals surface area (Å²) < 4.78 is 10.3. The van der Waals surface area contributed by atoms with Crippen LogP contribution in [0.25, 0.3) is 0 Å². The Balaban J connectivity index is 5.33. The fraction of sp³-hybridized carbons (Fsp3) is 0.812. The highest BCUT2D eigenvalue weighted by Gasteiger charge is 2.47. The third kappa shape index (κ3) is 5.48. The van der Waals surface area contributed by atoms with Gasteiger partial charge in [-0.3, -0.25) is 14.4 Å². The van der Waals surface area contributed by atoms with Gasteiger partial charge >= 0.3 is 11.9 Å². The Morgan fingerprint density at radius 3 is 1.86 bits per heavy atom. The molecule has 0 aromatic carbocycles. The Morgan fingerprint density at radius 2 is 1.52 bits per heavy atom. The van der Waals surface area contributed by atoms with E-state index in [1.165, 1.54) is 6.92 Å². The lowest BCUT2D eigenvalue weighted by atomic mass is 9.77. The summed E-state index contributed by atoms with van der Waals surface area (Å²) in [5.74, 6) is -1.31. The molecule has 122 valence electrons. The van der Waals surface area contributed by atoms with Crippen molar-refractivity contribution >= 4 is 17.7 Å². The van der Waals surface area contributed by atoms with E-state index in [-0.39, 0.29) is 24.9 Å². The van der Waals surface area contributed by atoms with Crippen molar-refractivity contribution < 1.29 is 23.9 Å². The third-order valence-corrected chi connectivity index (χ3v) is 3.16. The van der Waals surface area contributed by atoms with Crippen LogP contribution in [-0.2, 0) is 23.9 Å². The summed E-state index contributed by atoms with van der Waals surface area (Å²) in [6.45, 7) is 11.9. The van der Waals surface area contributed by atoms with Crippen LogP contribution in [-0.4, -0.2) is 30.9 Å². The van der Waals surface area contributed by atoms with Crippen molar-refractivity contribution in [2.45, 2.75) is 54.9 Å². The van der Waals surface area contributed by atoms with E-state index in [1.54, 1.807) is 27.7 Å². The van der Waals surface area contributed by atoms with Gasteiger partial charge in [-0.2, -0.15) is 0 Å². The van der Waals surface area contributed by atoms with Crippen LogP contribution in [0.2, 0.25) is 0 Å². The molecule has 0 rings (SSSR count). The zero-order valence-corrected chi connectivity index (χ0v) is 14.2. The van der Waals surface area contributed by atoms with Gasteiger partial charge in [0.05, 0.1) is 12.0 Å². The van der Waals surface area contributed by atoms with Gasteiger partial charge in [0, 0.05) is 0 Å². The third-order valence-electron chi connectivity index (χ3n) is 3.16. The molecule has 0 aliphatic heterocycles. The van der Waals surface area contributed by atoms with E-state index < -0.39 is 22.8 Å². The predicted molar refractivity (Wildman–Crippen MR) is 79.6 cm³/mol. The Bertz CT molecular complexity index is 392. The molecule has 5 heteroatoms. The van der Waals surface area contributed by atoms with Gasteiger partial charge in [0.1, 0.15) is 6.61 Å². The second-order valence-corrected chi connectivity index (χ2v) is 6.78. The number of rotatable bonds is 7. The quantitative estimate of drug-likeness (QED) is 0.534. The highest BCUT2D eigenvalue weighted by atomic mass is 16.6. The molecule has 0 radical (unpaired) electrons. The summed E-state index contributed by atoms with van der Waals surface area (Å²) in [5.41, 5.74) is -2.10. The minimum Gasteiger partial charge on any atom is -0.465 e. The van der Waals surface area contributed by atoms with Gasteiger partial charge in [-0.1, -0.05) is 13.8 Å². The number of hydrogen-bond donors (Lipinski definition) is 0. The van der Waals surface area contributed by atoms with Crippen LogP contribution in [0.15, 0.2) is 0 Å². The monoisotopic (exact) mass is 300 g/mol. The van der Waals surface area contributed by atoms with Crippen molar-refractivity contribution in [1.29, 1.82) is 0 Å². The molecule has 0 aromatic rings. The van der Waals surface area contributed by atoms with E-state index >= 15 is 0 Å². The lowest BCUT2D eigenvalue weighted by molar-refractivity contribution is -0.171. The number of ketones is 1. The molecular formula is C16H28O5. The lowest BCUT2D eigenvalue weighted by Gasteiger charge is -2.31. The van der Waals surface area contributed by atoms with Crippen molar-refractivity contribution in [3.63, 3.8) is 0 Å². The molecule has 0 N–H and O–H groups in total. The number of esters is 2. The molecule has 21 heavy (non-hydrogen) atoms. The van der Waals surface area contributed by atoms with Crippen LogP contribution in [0.3, 0.4) is 0 Å². The molecule has 0 fully saturated rings. The summed E-state index contributed by atoms with van der Waals surface area (Å²) in [4.78, 5) is 36.3. The molecule has 0 bridgehead atoms. The van der Waals surface area contributed by atoms with Crippen LogP contribution >= 0.6 is 0 Å². The molecule has 0 aromatic heterocycles. The highest BCUT2D eigenvalue weighted by molar-refractivity contribution is 6.03. The first kappa shape index (κ1) is 19.6. The molecule has 0 aliphatic rings.